The van der Waals surface area contributed by atoms with E-state index in [4.69, 9.17) is 11.6 Å². The molecule has 0 saturated carbocycles. The number of hydrogen-bond acceptors (Lipinski definition) is 3. The van der Waals surface area contributed by atoms with Gasteiger partial charge in [-0.15, -0.1) is 5.10 Å². The van der Waals surface area contributed by atoms with Gasteiger partial charge >= 0.3 is 0 Å². The van der Waals surface area contributed by atoms with E-state index in [1.807, 2.05) is 0 Å². The molecule has 24 heavy (non-hydrogen) atoms. The fourth-order valence-corrected chi connectivity index (χ4v) is 2.21. The maximum atomic E-state index is 13.6. The molecule has 0 aliphatic heterocycles. The first-order valence-electron chi connectivity index (χ1n) is 6.90. The molecule has 0 aliphatic carbocycles. The van der Waals surface area contributed by atoms with Crippen LogP contribution in [0.15, 0.2) is 42.5 Å². The van der Waals surface area contributed by atoms with Gasteiger partial charge in [-0.05, 0) is 43.3 Å². The maximum absolute atomic E-state index is 13.6. The van der Waals surface area contributed by atoms with E-state index in [-0.39, 0.29) is 11.5 Å². The van der Waals surface area contributed by atoms with Crippen LogP contribution in [0.2, 0.25) is 5.02 Å². The number of carbonyl (C=O) groups excluding carboxylic acids is 1. The van der Waals surface area contributed by atoms with Gasteiger partial charge in [0.25, 0.3) is 5.91 Å². The van der Waals surface area contributed by atoms with Crippen LogP contribution in [0, 0.1) is 18.6 Å². The van der Waals surface area contributed by atoms with Gasteiger partial charge in [-0.2, -0.15) is 0 Å². The molecule has 0 aliphatic rings. The Balaban J connectivity index is 1.86. The minimum Gasteiger partial charge on any atom is -0.317 e. The Morgan fingerprint density at radius 1 is 1.17 bits per heavy atom. The van der Waals surface area contributed by atoms with Crippen LogP contribution in [0.25, 0.3) is 5.69 Å². The fraction of sp³-hybridized carbons (Fsp3) is 0.0625. The number of amides is 1. The number of rotatable bonds is 3. The van der Waals surface area contributed by atoms with Gasteiger partial charge in [-0.3, -0.25) is 4.79 Å². The molecule has 0 fully saturated rings. The molecule has 2 aromatic carbocycles. The van der Waals surface area contributed by atoms with E-state index in [2.05, 4.69) is 15.4 Å². The van der Waals surface area contributed by atoms with Crippen LogP contribution in [0.4, 0.5) is 14.5 Å². The summed E-state index contributed by atoms with van der Waals surface area (Å²) in [4.78, 5) is 16.2. The molecule has 3 rings (SSSR count). The van der Waals surface area contributed by atoms with Gasteiger partial charge in [0.15, 0.2) is 0 Å². The molecule has 0 spiro atoms. The molecule has 1 aromatic heterocycles. The van der Waals surface area contributed by atoms with E-state index in [0.29, 0.717) is 22.6 Å². The molecule has 0 bridgehead atoms. The number of aryl methyl sites for hydroxylation is 1. The predicted molar refractivity (Wildman–Crippen MR) is 85.4 cm³/mol. The molecule has 0 unspecified atom stereocenters. The molecule has 1 heterocycles. The molecule has 0 atom stereocenters. The number of hydrogen-bond donors (Lipinski definition) is 1. The van der Waals surface area contributed by atoms with Gasteiger partial charge in [0.05, 0.1) is 11.4 Å². The largest absolute Gasteiger partial charge is 0.317 e. The summed E-state index contributed by atoms with van der Waals surface area (Å²) in [5.74, 6) is -1.96. The molecule has 8 heteroatoms. The van der Waals surface area contributed by atoms with E-state index in [1.54, 1.807) is 31.2 Å². The van der Waals surface area contributed by atoms with Crippen molar-refractivity contribution in [2.45, 2.75) is 6.92 Å². The van der Waals surface area contributed by atoms with Crippen molar-refractivity contribution < 1.29 is 13.6 Å². The summed E-state index contributed by atoms with van der Waals surface area (Å²) in [5, 5.41) is 6.99. The van der Waals surface area contributed by atoms with Gasteiger partial charge in [0.1, 0.15) is 17.5 Å². The molecule has 0 saturated heterocycles. The molecular formula is C16H11ClF2N4O. The van der Waals surface area contributed by atoms with Gasteiger partial charge in [-0.1, -0.05) is 11.6 Å². The lowest BCUT2D eigenvalue weighted by Crippen LogP contribution is -2.15. The Hall–Kier alpha value is -2.80. The first kappa shape index (κ1) is 16.1. The molecular weight excluding hydrogens is 338 g/mol. The number of benzene rings is 2. The van der Waals surface area contributed by atoms with Crippen molar-refractivity contribution in [2.75, 3.05) is 5.32 Å². The lowest BCUT2D eigenvalue weighted by Gasteiger charge is -2.04. The summed E-state index contributed by atoms with van der Waals surface area (Å²) >= 11 is 5.84. The van der Waals surface area contributed by atoms with Crippen LogP contribution < -0.4 is 5.32 Å². The van der Waals surface area contributed by atoms with Crippen LogP contribution in [0.5, 0.6) is 0 Å². The first-order valence-corrected chi connectivity index (χ1v) is 7.28. The Bertz CT molecular complexity index is 909. The summed E-state index contributed by atoms with van der Waals surface area (Å²) in [5.41, 5.74) is 0.526. The van der Waals surface area contributed by atoms with Crippen molar-refractivity contribution in [1.29, 1.82) is 0 Å². The molecule has 0 radical (unpaired) electrons. The van der Waals surface area contributed by atoms with Crippen LogP contribution in [-0.4, -0.2) is 20.7 Å². The zero-order valence-electron chi connectivity index (χ0n) is 12.4. The third-order valence-electron chi connectivity index (χ3n) is 3.22. The third-order valence-corrected chi connectivity index (χ3v) is 3.47. The number of nitrogens with one attached hydrogen (secondary N) is 1. The Morgan fingerprint density at radius 2 is 1.88 bits per heavy atom. The number of nitrogens with zero attached hydrogens (tertiary/aromatic N) is 3. The SMILES string of the molecule is Cc1nc(C(=O)Nc2ccc(F)cc2F)nn1-c1ccc(Cl)cc1. The summed E-state index contributed by atoms with van der Waals surface area (Å²) in [6, 6.07) is 9.68. The molecule has 5 nitrogen and oxygen atoms in total. The highest BCUT2D eigenvalue weighted by Gasteiger charge is 2.17. The summed E-state index contributed by atoms with van der Waals surface area (Å²) < 4.78 is 28.0. The van der Waals surface area contributed by atoms with Gasteiger partial charge in [-0.25, -0.2) is 18.4 Å². The second-order valence-corrected chi connectivity index (χ2v) is 5.39. The third kappa shape index (κ3) is 3.26. The number of anilines is 1. The second-order valence-electron chi connectivity index (χ2n) is 4.95. The zero-order valence-corrected chi connectivity index (χ0v) is 13.2. The normalized spacial score (nSPS) is 10.7. The average Bonchev–Trinajstić information content (AvgIpc) is 2.93. The second kappa shape index (κ2) is 6.37. The van der Waals surface area contributed by atoms with Gasteiger partial charge in [0.2, 0.25) is 5.82 Å². The van der Waals surface area contributed by atoms with E-state index >= 15 is 0 Å². The Kier molecular flexibility index (Phi) is 4.26. The summed E-state index contributed by atoms with van der Waals surface area (Å²) in [6.45, 7) is 1.68. The van der Waals surface area contributed by atoms with Crippen molar-refractivity contribution in [3.63, 3.8) is 0 Å². The van der Waals surface area contributed by atoms with E-state index in [9.17, 15) is 13.6 Å². The van der Waals surface area contributed by atoms with Crippen molar-refractivity contribution in [2.24, 2.45) is 0 Å². The minimum absolute atomic E-state index is 0.133. The van der Waals surface area contributed by atoms with Crippen molar-refractivity contribution >= 4 is 23.2 Å². The van der Waals surface area contributed by atoms with Crippen molar-refractivity contribution in [3.8, 4) is 5.69 Å². The van der Waals surface area contributed by atoms with Crippen molar-refractivity contribution in [1.82, 2.24) is 14.8 Å². The predicted octanol–water partition coefficient (Wildman–Crippen LogP) is 3.76. The smallest absolute Gasteiger partial charge is 0.295 e. The maximum Gasteiger partial charge on any atom is 0.295 e. The Labute approximate surface area is 140 Å². The minimum atomic E-state index is -0.878. The van der Waals surface area contributed by atoms with E-state index in [1.165, 1.54) is 4.68 Å². The standard InChI is InChI=1S/C16H11ClF2N4O/c1-9-20-15(22-23(9)12-5-2-10(17)3-6-12)16(24)21-14-7-4-11(18)8-13(14)19/h2-8H,1H3,(H,21,24). The van der Waals surface area contributed by atoms with Crippen LogP contribution >= 0.6 is 11.6 Å². The molecule has 3 aromatic rings. The van der Waals surface area contributed by atoms with Crippen molar-refractivity contribution in [3.05, 3.63) is 70.8 Å². The van der Waals surface area contributed by atoms with E-state index < -0.39 is 17.5 Å². The highest BCUT2D eigenvalue weighted by Crippen LogP contribution is 2.17. The lowest BCUT2D eigenvalue weighted by atomic mass is 10.3. The van der Waals surface area contributed by atoms with E-state index in [0.717, 1.165) is 12.1 Å². The lowest BCUT2D eigenvalue weighted by molar-refractivity contribution is 0.101. The monoisotopic (exact) mass is 348 g/mol. The zero-order chi connectivity index (χ0) is 17.3. The number of halogens is 3. The van der Waals surface area contributed by atoms with Gasteiger partial charge < -0.3 is 5.32 Å². The topological polar surface area (TPSA) is 59.8 Å². The highest BCUT2D eigenvalue weighted by molar-refractivity contribution is 6.30. The fourth-order valence-electron chi connectivity index (χ4n) is 2.08. The van der Waals surface area contributed by atoms with Crippen LogP contribution in [0.1, 0.15) is 16.4 Å². The number of carbonyl (C=O) groups is 1. The molecule has 1 N–H and O–H groups in total. The van der Waals surface area contributed by atoms with Gasteiger partial charge in [0, 0.05) is 11.1 Å². The molecule has 122 valence electrons. The Morgan fingerprint density at radius 3 is 2.54 bits per heavy atom. The summed E-state index contributed by atoms with van der Waals surface area (Å²) in [7, 11) is 0. The molecule has 1 amide bonds. The first-order chi connectivity index (χ1) is 11.4. The van der Waals surface area contributed by atoms with Crippen LogP contribution in [0.3, 0.4) is 0 Å². The quantitative estimate of drug-likeness (QED) is 0.784. The summed E-state index contributed by atoms with van der Waals surface area (Å²) in [6.07, 6.45) is 0. The highest BCUT2D eigenvalue weighted by atomic mass is 35.5. The van der Waals surface area contributed by atoms with Crippen LogP contribution in [-0.2, 0) is 0 Å². The average molecular weight is 349 g/mol. The number of aromatic nitrogens is 3.